The smallest absolute Gasteiger partial charge is 0.240 e. The molecule has 0 bridgehead atoms. The number of hydrogen-bond acceptors (Lipinski definition) is 4. The first-order valence-corrected chi connectivity index (χ1v) is 8.52. The molecule has 24 heavy (non-hydrogen) atoms. The summed E-state index contributed by atoms with van der Waals surface area (Å²) in [7, 11) is 0. The van der Waals surface area contributed by atoms with E-state index in [1.165, 1.54) is 22.7 Å². The van der Waals surface area contributed by atoms with Crippen molar-refractivity contribution < 1.29 is 14.0 Å². The van der Waals surface area contributed by atoms with Gasteiger partial charge in [-0.2, -0.15) is 0 Å². The van der Waals surface area contributed by atoms with E-state index in [0.29, 0.717) is 12.1 Å². The summed E-state index contributed by atoms with van der Waals surface area (Å²) in [5.41, 5.74) is 1.16. The predicted molar refractivity (Wildman–Crippen MR) is 89.4 cm³/mol. The molecule has 1 fully saturated rings. The Hall–Kier alpha value is -2.41. The average molecular weight is 345 g/mol. The van der Waals surface area contributed by atoms with Crippen LogP contribution in [0.15, 0.2) is 48.7 Å². The minimum atomic E-state index is -0.473. The molecular formula is C17H16FN3O2S. The Bertz CT molecular complexity index is 742. The summed E-state index contributed by atoms with van der Waals surface area (Å²) < 4.78 is 14.0. The van der Waals surface area contributed by atoms with Gasteiger partial charge in [-0.3, -0.25) is 14.6 Å². The SMILES string of the molecule is O=C(CN1C(=O)CSC1c1ccccc1F)NCc1ccccn1. The first-order valence-electron chi connectivity index (χ1n) is 7.47. The second-order valence-electron chi connectivity index (χ2n) is 5.30. The zero-order chi connectivity index (χ0) is 16.9. The van der Waals surface area contributed by atoms with Crippen LogP contribution in [-0.4, -0.2) is 34.0 Å². The number of hydrogen-bond donors (Lipinski definition) is 1. The third-order valence-electron chi connectivity index (χ3n) is 3.65. The number of pyridine rings is 1. The monoisotopic (exact) mass is 345 g/mol. The Morgan fingerprint density at radius 3 is 2.83 bits per heavy atom. The average Bonchev–Trinajstić information content (AvgIpc) is 2.95. The lowest BCUT2D eigenvalue weighted by Crippen LogP contribution is -2.39. The van der Waals surface area contributed by atoms with Crippen LogP contribution in [0.3, 0.4) is 0 Å². The summed E-state index contributed by atoms with van der Waals surface area (Å²) >= 11 is 1.33. The van der Waals surface area contributed by atoms with E-state index in [9.17, 15) is 14.0 Å². The van der Waals surface area contributed by atoms with Crippen molar-refractivity contribution in [1.82, 2.24) is 15.2 Å². The molecule has 2 amide bonds. The van der Waals surface area contributed by atoms with Crippen molar-refractivity contribution in [3.63, 3.8) is 0 Å². The summed E-state index contributed by atoms with van der Waals surface area (Å²) in [5.74, 6) is -0.588. The standard InChI is InChI=1S/C17H16FN3O2S/c18-14-7-2-1-6-13(14)17-21(16(23)11-24-17)10-15(22)20-9-12-5-3-4-8-19-12/h1-8,17H,9-11H2,(H,20,22). The Labute approximate surface area is 143 Å². The first kappa shape index (κ1) is 16.4. The summed E-state index contributed by atoms with van der Waals surface area (Å²) in [4.78, 5) is 29.7. The molecule has 1 aromatic heterocycles. The van der Waals surface area contributed by atoms with Crippen molar-refractivity contribution >= 4 is 23.6 Å². The second-order valence-corrected chi connectivity index (χ2v) is 6.37. The maximum Gasteiger partial charge on any atom is 0.240 e. The molecule has 1 aromatic carbocycles. The van der Waals surface area contributed by atoms with Crippen LogP contribution in [-0.2, 0) is 16.1 Å². The van der Waals surface area contributed by atoms with Gasteiger partial charge in [0.2, 0.25) is 11.8 Å². The van der Waals surface area contributed by atoms with Crippen LogP contribution in [0.25, 0.3) is 0 Å². The number of carbonyl (C=O) groups is 2. The summed E-state index contributed by atoms with van der Waals surface area (Å²) in [6.07, 6.45) is 1.65. The normalized spacial score (nSPS) is 17.1. The molecule has 1 saturated heterocycles. The van der Waals surface area contributed by atoms with Crippen LogP contribution >= 0.6 is 11.8 Å². The zero-order valence-corrected chi connectivity index (χ0v) is 13.6. The number of rotatable bonds is 5. The molecule has 0 spiro atoms. The third kappa shape index (κ3) is 3.73. The number of aromatic nitrogens is 1. The van der Waals surface area contributed by atoms with Crippen LogP contribution in [0.1, 0.15) is 16.6 Å². The van der Waals surface area contributed by atoms with Gasteiger partial charge in [-0.05, 0) is 18.2 Å². The Morgan fingerprint density at radius 2 is 2.08 bits per heavy atom. The number of nitrogens with zero attached hydrogens (tertiary/aromatic N) is 2. The molecule has 0 saturated carbocycles. The van der Waals surface area contributed by atoms with Crippen LogP contribution in [0.5, 0.6) is 0 Å². The number of carbonyl (C=O) groups excluding carboxylic acids is 2. The molecule has 0 radical (unpaired) electrons. The van der Waals surface area contributed by atoms with Crippen LogP contribution in [0, 0.1) is 5.82 Å². The molecule has 1 atom stereocenters. The van der Waals surface area contributed by atoms with E-state index in [4.69, 9.17) is 0 Å². The maximum absolute atomic E-state index is 14.0. The topological polar surface area (TPSA) is 62.3 Å². The molecule has 0 aliphatic carbocycles. The third-order valence-corrected chi connectivity index (χ3v) is 4.88. The Balaban J connectivity index is 1.65. The van der Waals surface area contributed by atoms with E-state index in [0.717, 1.165) is 5.69 Å². The van der Waals surface area contributed by atoms with Gasteiger partial charge in [0.25, 0.3) is 0 Å². The van der Waals surface area contributed by atoms with Crippen molar-refractivity contribution in [2.75, 3.05) is 12.3 Å². The number of amides is 2. The first-order chi connectivity index (χ1) is 11.6. The molecule has 2 heterocycles. The molecule has 3 rings (SSSR count). The van der Waals surface area contributed by atoms with Crippen LogP contribution in [0.2, 0.25) is 0 Å². The zero-order valence-electron chi connectivity index (χ0n) is 12.8. The van der Waals surface area contributed by atoms with Gasteiger partial charge in [0.05, 0.1) is 18.0 Å². The minimum Gasteiger partial charge on any atom is -0.349 e. The van der Waals surface area contributed by atoms with Crippen molar-refractivity contribution in [3.05, 3.63) is 65.7 Å². The van der Waals surface area contributed by atoms with Gasteiger partial charge in [0.1, 0.15) is 17.7 Å². The van der Waals surface area contributed by atoms with E-state index in [-0.39, 0.29) is 29.9 Å². The molecule has 1 unspecified atom stereocenters. The fraction of sp³-hybridized carbons (Fsp3) is 0.235. The lowest BCUT2D eigenvalue weighted by molar-refractivity contribution is -0.133. The van der Waals surface area contributed by atoms with E-state index in [1.54, 1.807) is 36.5 Å². The fourth-order valence-corrected chi connectivity index (χ4v) is 3.67. The summed E-state index contributed by atoms with van der Waals surface area (Å²) in [6.45, 7) is 0.191. The van der Waals surface area contributed by atoms with Gasteiger partial charge >= 0.3 is 0 Å². The van der Waals surface area contributed by atoms with Crippen molar-refractivity contribution in [2.45, 2.75) is 11.9 Å². The predicted octanol–water partition coefficient (Wildman–Crippen LogP) is 2.11. The van der Waals surface area contributed by atoms with Gasteiger partial charge in [-0.1, -0.05) is 24.3 Å². The highest BCUT2D eigenvalue weighted by atomic mass is 32.2. The lowest BCUT2D eigenvalue weighted by atomic mass is 10.2. The fourth-order valence-electron chi connectivity index (χ4n) is 2.46. The Morgan fingerprint density at radius 1 is 1.29 bits per heavy atom. The number of thioether (sulfide) groups is 1. The largest absolute Gasteiger partial charge is 0.349 e. The van der Waals surface area contributed by atoms with Gasteiger partial charge in [-0.15, -0.1) is 11.8 Å². The number of halogens is 1. The van der Waals surface area contributed by atoms with Gasteiger partial charge in [-0.25, -0.2) is 4.39 Å². The number of nitrogens with one attached hydrogen (secondary N) is 1. The van der Waals surface area contributed by atoms with E-state index in [1.807, 2.05) is 6.07 Å². The van der Waals surface area contributed by atoms with E-state index in [2.05, 4.69) is 10.3 Å². The Kier molecular flexibility index (Phi) is 5.10. The van der Waals surface area contributed by atoms with Gasteiger partial charge in [0, 0.05) is 11.8 Å². The molecule has 7 heteroatoms. The highest BCUT2D eigenvalue weighted by molar-refractivity contribution is 8.00. The van der Waals surface area contributed by atoms with Crippen molar-refractivity contribution in [3.8, 4) is 0 Å². The van der Waals surface area contributed by atoms with Gasteiger partial charge < -0.3 is 10.2 Å². The molecule has 1 N–H and O–H groups in total. The maximum atomic E-state index is 14.0. The quantitative estimate of drug-likeness (QED) is 0.902. The van der Waals surface area contributed by atoms with E-state index < -0.39 is 5.37 Å². The molecule has 124 valence electrons. The highest BCUT2D eigenvalue weighted by Gasteiger charge is 2.35. The molecule has 2 aromatic rings. The second kappa shape index (κ2) is 7.44. The highest BCUT2D eigenvalue weighted by Crippen LogP contribution is 2.39. The molecule has 5 nitrogen and oxygen atoms in total. The minimum absolute atomic E-state index is 0.0995. The summed E-state index contributed by atoms with van der Waals surface area (Å²) in [5, 5.41) is 2.26. The number of benzene rings is 1. The molecule has 1 aliphatic rings. The van der Waals surface area contributed by atoms with Crippen LogP contribution < -0.4 is 5.32 Å². The molecular weight excluding hydrogens is 329 g/mol. The van der Waals surface area contributed by atoms with Gasteiger partial charge in [0.15, 0.2) is 0 Å². The van der Waals surface area contributed by atoms with Crippen molar-refractivity contribution in [1.29, 1.82) is 0 Å². The van der Waals surface area contributed by atoms with E-state index >= 15 is 0 Å². The van der Waals surface area contributed by atoms with Crippen LogP contribution in [0.4, 0.5) is 4.39 Å². The van der Waals surface area contributed by atoms with Crippen molar-refractivity contribution in [2.24, 2.45) is 0 Å². The lowest BCUT2D eigenvalue weighted by Gasteiger charge is -2.24. The summed E-state index contributed by atoms with van der Waals surface area (Å²) in [6, 6.07) is 11.8. The molecule has 1 aliphatic heterocycles.